The first-order chi connectivity index (χ1) is 36.0. The van der Waals surface area contributed by atoms with Gasteiger partial charge in [-0.05, 0) is 83.5 Å². The van der Waals surface area contributed by atoms with E-state index in [-0.39, 0.29) is 19.1 Å². The monoisotopic (exact) mass is 1060 g/mol. The number of nitrogens with one attached hydrogen (secondary N) is 1. The van der Waals surface area contributed by atoms with Crippen LogP contribution in [0.4, 0.5) is 0 Å². The number of phosphoric ester groups is 1. The van der Waals surface area contributed by atoms with Crippen molar-refractivity contribution in [1.82, 2.24) is 5.32 Å². The zero-order valence-corrected chi connectivity index (χ0v) is 50.0. The number of aliphatic hydroxyl groups is 1. The summed E-state index contributed by atoms with van der Waals surface area (Å²) in [5, 5.41) is 13.9. The minimum absolute atomic E-state index is 0.0526. The summed E-state index contributed by atoms with van der Waals surface area (Å²) in [6, 6.07) is -0.870. The largest absolute Gasteiger partial charge is 0.472 e. The Kier molecular flexibility index (Phi) is 53.7. The first kappa shape index (κ1) is 71.7. The van der Waals surface area contributed by atoms with E-state index in [0.29, 0.717) is 17.4 Å². The lowest BCUT2D eigenvalue weighted by Gasteiger charge is -2.25. The van der Waals surface area contributed by atoms with Gasteiger partial charge in [-0.1, -0.05) is 266 Å². The number of carbonyl (C=O) groups excluding carboxylic acids is 1. The van der Waals surface area contributed by atoms with Gasteiger partial charge in [0, 0.05) is 6.42 Å². The maximum atomic E-state index is 13.0. The second kappa shape index (κ2) is 55.4. The van der Waals surface area contributed by atoms with Crippen molar-refractivity contribution in [2.24, 2.45) is 0 Å². The van der Waals surface area contributed by atoms with Gasteiger partial charge in [0.2, 0.25) is 5.91 Å². The van der Waals surface area contributed by atoms with Crippen molar-refractivity contribution in [3.05, 3.63) is 85.1 Å². The molecule has 0 aliphatic rings. The number of unbranched alkanes of at least 4 members (excludes halogenated alkanes) is 31. The quantitative estimate of drug-likeness (QED) is 0.0243. The SMILES string of the molecule is CC/C=C\C/C=C\C/C=C\C/C=C\CCCCCCCCCCCCCCCCCCCCCCCCCCCCC(=O)NC(COP(=O)(O)OCC[N+](C)(C)C)C(O)/C=C/CC/C=C/CC/C=C/CCCCC. The molecule has 3 unspecified atom stereocenters. The molecule has 0 radical (unpaired) electrons. The molecule has 430 valence electrons. The van der Waals surface area contributed by atoms with E-state index in [1.165, 1.54) is 173 Å². The molecule has 0 aliphatic carbocycles. The molecule has 0 aromatic carbocycles. The molecule has 0 bridgehead atoms. The van der Waals surface area contributed by atoms with E-state index in [1.807, 2.05) is 27.2 Å². The van der Waals surface area contributed by atoms with Gasteiger partial charge in [-0.15, -0.1) is 0 Å². The number of aliphatic hydroxyl groups excluding tert-OH is 1. The van der Waals surface area contributed by atoms with Gasteiger partial charge in [0.05, 0.1) is 39.9 Å². The predicted molar refractivity (Wildman–Crippen MR) is 323 cm³/mol. The summed E-state index contributed by atoms with van der Waals surface area (Å²) in [4.78, 5) is 23.3. The Labute approximate surface area is 458 Å². The van der Waals surface area contributed by atoms with E-state index >= 15 is 0 Å². The van der Waals surface area contributed by atoms with E-state index in [9.17, 15) is 19.4 Å². The number of quaternary nitrogens is 1. The summed E-state index contributed by atoms with van der Waals surface area (Å²) >= 11 is 0. The molecular formula is C65H120N2O6P+. The van der Waals surface area contributed by atoms with Gasteiger partial charge >= 0.3 is 7.82 Å². The van der Waals surface area contributed by atoms with Gasteiger partial charge in [-0.2, -0.15) is 0 Å². The number of rotatable bonds is 56. The minimum Gasteiger partial charge on any atom is -0.387 e. The second-order valence-corrected chi connectivity index (χ2v) is 23.5. The fourth-order valence-electron chi connectivity index (χ4n) is 8.77. The zero-order valence-electron chi connectivity index (χ0n) is 49.1. The molecular weight excluding hydrogens is 936 g/mol. The van der Waals surface area contributed by atoms with Crippen LogP contribution in [0.5, 0.6) is 0 Å². The summed E-state index contributed by atoms with van der Waals surface area (Å²) < 4.78 is 23.6. The normalized spacial score (nSPS) is 14.4. The molecule has 0 aliphatic heterocycles. The van der Waals surface area contributed by atoms with E-state index in [2.05, 4.69) is 92.1 Å². The molecule has 3 atom stereocenters. The highest BCUT2D eigenvalue weighted by atomic mass is 31.2. The third-order valence-corrected chi connectivity index (χ3v) is 14.6. The molecule has 0 rings (SSSR count). The average Bonchev–Trinajstić information content (AvgIpc) is 3.36. The predicted octanol–water partition coefficient (Wildman–Crippen LogP) is 19.2. The number of hydrogen-bond donors (Lipinski definition) is 3. The summed E-state index contributed by atoms with van der Waals surface area (Å²) in [5.41, 5.74) is 0. The molecule has 74 heavy (non-hydrogen) atoms. The highest BCUT2D eigenvalue weighted by molar-refractivity contribution is 7.47. The molecule has 8 nitrogen and oxygen atoms in total. The van der Waals surface area contributed by atoms with Crippen LogP contribution in [-0.2, 0) is 18.4 Å². The Morgan fingerprint density at radius 3 is 1.24 bits per heavy atom. The number of amides is 1. The highest BCUT2D eigenvalue weighted by Gasteiger charge is 2.27. The van der Waals surface area contributed by atoms with E-state index in [1.54, 1.807) is 6.08 Å². The van der Waals surface area contributed by atoms with Crippen molar-refractivity contribution < 1.29 is 32.9 Å². The Bertz CT molecular complexity index is 1480. The van der Waals surface area contributed by atoms with Crippen molar-refractivity contribution in [2.45, 2.75) is 283 Å². The van der Waals surface area contributed by atoms with Crippen LogP contribution in [0.1, 0.15) is 271 Å². The molecule has 0 fully saturated rings. The molecule has 0 heterocycles. The standard InChI is InChI=1S/C65H119N2O6P/c1-6-8-10-12-14-16-18-20-21-22-23-24-25-26-27-28-29-30-31-32-33-34-35-36-37-38-39-40-41-42-43-44-45-47-49-51-53-55-57-59-65(69)66-63(62-73-74(70,71)72-61-60-67(3,4)5)64(68)58-56-54-52-50-48-46-19-17-15-13-11-9-7-2/h8,10,14-17,20-21,23-24,48,50,56,58,63-64,68H,6-7,9,11-13,18-19,22,25-47,49,51-55,57,59-62H2,1-5H3,(H-,66,69,70,71)/p+1/b10-8-,16-14-,17-15+,21-20-,24-23-,50-48+,58-56+. The van der Waals surface area contributed by atoms with E-state index < -0.39 is 20.0 Å². The van der Waals surface area contributed by atoms with Gasteiger partial charge in [0.25, 0.3) is 0 Å². The van der Waals surface area contributed by atoms with Crippen LogP contribution >= 0.6 is 7.82 Å². The van der Waals surface area contributed by atoms with Gasteiger partial charge in [-0.3, -0.25) is 13.8 Å². The number of allylic oxidation sites excluding steroid dienone is 13. The molecule has 9 heteroatoms. The van der Waals surface area contributed by atoms with Gasteiger partial charge in [0.15, 0.2) is 0 Å². The van der Waals surface area contributed by atoms with Crippen molar-refractivity contribution in [3.8, 4) is 0 Å². The Morgan fingerprint density at radius 1 is 0.473 bits per heavy atom. The number of carbonyl (C=O) groups is 1. The Hall–Kier alpha value is -2.32. The topological polar surface area (TPSA) is 105 Å². The lowest BCUT2D eigenvalue weighted by molar-refractivity contribution is -0.870. The third-order valence-electron chi connectivity index (χ3n) is 13.6. The van der Waals surface area contributed by atoms with Crippen LogP contribution in [0.25, 0.3) is 0 Å². The van der Waals surface area contributed by atoms with Crippen molar-refractivity contribution in [1.29, 1.82) is 0 Å². The molecule has 3 N–H and O–H groups in total. The smallest absolute Gasteiger partial charge is 0.387 e. The number of hydrogen-bond acceptors (Lipinski definition) is 5. The maximum Gasteiger partial charge on any atom is 0.472 e. The van der Waals surface area contributed by atoms with Crippen LogP contribution in [0.2, 0.25) is 0 Å². The van der Waals surface area contributed by atoms with E-state index in [4.69, 9.17) is 9.05 Å². The fourth-order valence-corrected chi connectivity index (χ4v) is 9.51. The molecule has 0 aromatic heterocycles. The second-order valence-electron chi connectivity index (χ2n) is 22.0. The van der Waals surface area contributed by atoms with Crippen LogP contribution < -0.4 is 5.32 Å². The molecule has 1 amide bonds. The van der Waals surface area contributed by atoms with E-state index in [0.717, 1.165) is 77.0 Å². The lowest BCUT2D eigenvalue weighted by Crippen LogP contribution is -2.45. The number of likely N-dealkylation sites (N-methyl/N-ethyl adjacent to an activating group) is 1. The molecule has 0 spiro atoms. The molecule has 0 aromatic rings. The molecule has 0 saturated carbocycles. The Morgan fingerprint density at radius 2 is 0.824 bits per heavy atom. The van der Waals surface area contributed by atoms with Gasteiger partial charge in [0.1, 0.15) is 13.2 Å². The van der Waals surface area contributed by atoms with Gasteiger partial charge < -0.3 is 19.8 Å². The summed E-state index contributed by atoms with van der Waals surface area (Å²) in [7, 11) is 1.55. The summed E-state index contributed by atoms with van der Waals surface area (Å²) in [5.74, 6) is -0.190. The van der Waals surface area contributed by atoms with Crippen LogP contribution in [0, 0.1) is 0 Å². The average molecular weight is 1060 g/mol. The highest BCUT2D eigenvalue weighted by Crippen LogP contribution is 2.43. The number of nitrogens with zero attached hydrogens (tertiary/aromatic N) is 1. The minimum atomic E-state index is -4.36. The summed E-state index contributed by atoms with van der Waals surface area (Å²) in [6.45, 7) is 4.65. The first-order valence-electron chi connectivity index (χ1n) is 31.0. The van der Waals surface area contributed by atoms with Gasteiger partial charge in [-0.25, -0.2) is 4.57 Å². The van der Waals surface area contributed by atoms with Crippen molar-refractivity contribution in [2.75, 3.05) is 40.9 Å². The maximum absolute atomic E-state index is 13.0. The molecule has 0 saturated heterocycles. The zero-order chi connectivity index (χ0) is 54.2. The fraction of sp³-hybridized carbons (Fsp3) is 0.769. The van der Waals surface area contributed by atoms with Crippen LogP contribution in [0.15, 0.2) is 85.1 Å². The lowest BCUT2D eigenvalue weighted by atomic mass is 10.0. The Balaban J connectivity index is 3.91. The van der Waals surface area contributed by atoms with Crippen molar-refractivity contribution in [3.63, 3.8) is 0 Å². The third kappa shape index (κ3) is 57.4. The van der Waals surface area contributed by atoms with Crippen molar-refractivity contribution >= 4 is 13.7 Å². The number of phosphoric acid groups is 1. The van der Waals surface area contributed by atoms with Crippen LogP contribution in [-0.4, -0.2) is 73.4 Å². The summed E-state index contributed by atoms with van der Waals surface area (Å²) in [6.07, 6.45) is 78.7. The first-order valence-corrected chi connectivity index (χ1v) is 32.5. The van der Waals surface area contributed by atoms with Crippen LogP contribution in [0.3, 0.4) is 0 Å².